The normalized spacial score (nSPS) is 17.3. The molecule has 1 aliphatic carbocycles. The highest BCUT2D eigenvalue weighted by molar-refractivity contribution is 5.92. The number of anilines is 3. The summed E-state index contributed by atoms with van der Waals surface area (Å²) in [7, 11) is 5.42. The molecule has 3 rings (SSSR count). The van der Waals surface area contributed by atoms with Gasteiger partial charge in [-0.25, -0.2) is 4.79 Å². The smallest absolute Gasteiger partial charge is 0.410 e. The zero-order chi connectivity index (χ0) is 27.9. The molecule has 0 radical (unpaired) electrons. The van der Waals surface area contributed by atoms with Gasteiger partial charge in [-0.15, -0.1) is 0 Å². The van der Waals surface area contributed by atoms with Crippen molar-refractivity contribution < 1.29 is 19.1 Å². The minimum atomic E-state index is -0.505. The number of amides is 2. The maximum absolute atomic E-state index is 12.8. The minimum absolute atomic E-state index is 0.0137. The predicted octanol–water partition coefficient (Wildman–Crippen LogP) is 5.92. The van der Waals surface area contributed by atoms with E-state index in [1.54, 1.807) is 19.1 Å². The van der Waals surface area contributed by atoms with E-state index in [0.717, 1.165) is 54.1 Å². The fourth-order valence-corrected chi connectivity index (χ4v) is 4.57. The molecule has 38 heavy (non-hydrogen) atoms. The number of hydrogen-bond acceptors (Lipinski definition) is 6. The van der Waals surface area contributed by atoms with Crippen molar-refractivity contribution >= 4 is 29.1 Å². The maximum atomic E-state index is 12.8. The molecule has 2 aromatic rings. The van der Waals surface area contributed by atoms with Crippen LogP contribution in [-0.2, 0) is 9.53 Å². The summed E-state index contributed by atoms with van der Waals surface area (Å²) in [5.41, 5.74) is 3.45. The molecule has 8 nitrogen and oxygen atoms in total. The van der Waals surface area contributed by atoms with Crippen LogP contribution in [-0.4, -0.2) is 62.8 Å². The van der Waals surface area contributed by atoms with E-state index in [1.807, 2.05) is 59.0 Å². The van der Waals surface area contributed by atoms with Crippen LogP contribution in [0.1, 0.15) is 52.0 Å². The lowest BCUT2D eigenvalue weighted by atomic mass is 9.85. The van der Waals surface area contributed by atoms with Crippen molar-refractivity contribution in [1.29, 1.82) is 0 Å². The van der Waals surface area contributed by atoms with Crippen LogP contribution in [0.15, 0.2) is 42.5 Å². The van der Waals surface area contributed by atoms with E-state index in [2.05, 4.69) is 33.7 Å². The van der Waals surface area contributed by atoms with Crippen LogP contribution in [0.3, 0.4) is 0 Å². The molecule has 2 N–H and O–H groups in total. The number of nitrogens with zero attached hydrogens (tertiary/aromatic N) is 2. The second-order valence-electron chi connectivity index (χ2n) is 11.2. The standard InChI is InChI=1S/C30H44N4O4/c1-21-11-14-25(20-27(21)37-7)32-28(35)22-12-15-23(16-13-22)31-24-9-8-10-26(19-24)33(5)17-18-34(6)29(36)38-30(2,3)4/h8-11,14,19-20,22-23,31H,12-13,15-18H2,1-7H3,(H,32,35). The van der Waals surface area contributed by atoms with Gasteiger partial charge in [0.15, 0.2) is 0 Å². The molecule has 0 spiro atoms. The Bertz CT molecular complexity index is 1090. The molecule has 0 aliphatic heterocycles. The highest BCUT2D eigenvalue weighted by Crippen LogP contribution is 2.30. The lowest BCUT2D eigenvalue weighted by Crippen LogP contribution is -2.38. The molecular formula is C30H44N4O4. The van der Waals surface area contributed by atoms with Gasteiger partial charge in [-0.05, 0) is 83.2 Å². The summed E-state index contributed by atoms with van der Waals surface area (Å²) in [6.45, 7) is 8.84. The fourth-order valence-electron chi connectivity index (χ4n) is 4.57. The second kappa shape index (κ2) is 12.9. The summed E-state index contributed by atoms with van der Waals surface area (Å²) in [5, 5.41) is 6.71. The van der Waals surface area contributed by atoms with Crippen molar-refractivity contribution in [1.82, 2.24) is 4.90 Å². The van der Waals surface area contributed by atoms with Crippen molar-refractivity contribution in [3.63, 3.8) is 0 Å². The Labute approximate surface area is 227 Å². The molecule has 0 aromatic heterocycles. The summed E-state index contributed by atoms with van der Waals surface area (Å²) in [6.07, 6.45) is 3.27. The average molecular weight is 525 g/mol. The summed E-state index contributed by atoms with van der Waals surface area (Å²) in [6, 6.07) is 14.4. The van der Waals surface area contributed by atoms with E-state index in [-0.39, 0.29) is 17.9 Å². The van der Waals surface area contributed by atoms with Gasteiger partial charge in [-0.3, -0.25) is 4.79 Å². The summed E-state index contributed by atoms with van der Waals surface area (Å²) in [4.78, 5) is 28.8. The Morgan fingerprint density at radius 3 is 2.34 bits per heavy atom. The lowest BCUT2D eigenvalue weighted by molar-refractivity contribution is -0.120. The number of nitrogens with one attached hydrogen (secondary N) is 2. The molecule has 0 bridgehead atoms. The molecule has 0 saturated heterocycles. The molecule has 2 amide bonds. The van der Waals surface area contributed by atoms with Crippen molar-refractivity contribution in [3.05, 3.63) is 48.0 Å². The number of carbonyl (C=O) groups is 2. The first-order valence-electron chi connectivity index (χ1n) is 13.4. The van der Waals surface area contributed by atoms with Crippen LogP contribution in [0.25, 0.3) is 0 Å². The van der Waals surface area contributed by atoms with Crippen LogP contribution in [0, 0.1) is 12.8 Å². The molecule has 0 heterocycles. The van der Waals surface area contributed by atoms with Gasteiger partial charge < -0.3 is 29.9 Å². The van der Waals surface area contributed by atoms with Crippen LogP contribution in [0.4, 0.5) is 21.9 Å². The van der Waals surface area contributed by atoms with Gasteiger partial charge >= 0.3 is 6.09 Å². The number of ether oxygens (including phenoxy) is 2. The summed E-state index contributed by atoms with van der Waals surface area (Å²) in [5.74, 6) is 0.868. The molecule has 1 fully saturated rings. The Balaban J connectivity index is 1.47. The monoisotopic (exact) mass is 524 g/mol. The number of benzene rings is 2. The van der Waals surface area contributed by atoms with Crippen LogP contribution in [0.2, 0.25) is 0 Å². The van der Waals surface area contributed by atoms with Crippen LogP contribution < -0.4 is 20.3 Å². The van der Waals surface area contributed by atoms with Gasteiger partial charge in [0.25, 0.3) is 0 Å². The Kier molecular flexibility index (Phi) is 9.89. The van der Waals surface area contributed by atoms with E-state index in [9.17, 15) is 9.59 Å². The minimum Gasteiger partial charge on any atom is -0.496 e. The van der Waals surface area contributed by atoms with E-state index in [0.29, 0.717) is 19.1 Å². The summed E-state index contributed by atoms with van der Waals surface area (Å²) >= 11 is 0. The highest BCUT2D eigenvalue weighted by atomic mass is 16.6. The molecule has 1 saturated carbocycles. The van der Waals surface area contributed by atoms with Crippen molar-refractivity contribution in [2.75, 3.05) is 49.8 Å². The largest absolute Gasteiger partial charge is 0.496 e. The number of carbonyl (C=O) groups excluding carboxylic acids is 2. The zero-order valence-electron chi connectivity index (χ0n) is 24.0. The summed E-state index contributed by atoms with van der Waals surface area (Å²) < 4.78 is 10.8. The topological polar surface area (TPSA) is 83.1 Å². The quantitative estimate of drug-likeness (QED) is 0.424. The third kappa shape index (κ3) is 8.57. The number of likely N-dealkylation sites (N-methyl/N-ethyl adjacent to an activating group) is 2. The number of aryl methyl sites for hydroxylation is 1. The van der Waals surface area contributed by atoms with Gasteiger partial charge in [0.2, 0.25) is 5.91 Å². The molecule has 1 aliphatic rings. The molecular weight excluding hydrogens is 480 g/mol. The number of hydrogen-bond donors (Lipinski definition) is 2. The first-order chi connectivity index (χ1) is 17.9. The van der Waals surface area contributed by atoms with Crippen molar-refractivity contribution in [2.45, 2.75) is 65.0 Å². The molecule has 0 unspecified atom stereocenters. The molecule has 0 atom stereocenters. The van der Waals surface area contributed by atoms with E-state index in [4.69, 9.17) is 9.47 Å². The molecule has 8 heteroatoms. The third-order valence-electron chi connectivity index (χ3n) is 6.91. The number of methoxy groups -OCH3 is 1. The van der Waals surface area contributed by atoms with E-state index in [1.165, 1.54) is 0 Å². The van der Waals surface area contributed by atoms with Gasteiger partial charge in [-0.1, -0.05) is 12.1 Å². The predicted molar refractivity (Wildman–Crippen MR) is 154 cm³/mol. The van der Waals surface area contributed by atoms with Gasteiger partial charge in [0, 0.05) is 62.3 Å². The SMILES string of the molecule is COc1cc(NC(=O)C2CCC(Nc3cccc(N(C)CCN(C)C(=O)OC(C)(C)C)c3)CC2)ccc1C. The molecule has 2 aromatic carbocycles. The van der Waals surface area contributed by atoms with Crippen molar-refractivity contribution in [3.8, 4) is 5.75 Å². The van der Waals surface area contributed by atoms with Crippen molar-refractivity contribution in [2.24, 2.45) is 5.92 Å². The zero-order valence-corrected chi connectivity index (χ0v) is 24.0. The van der Waals surface area contributed by atoms with Crippen LogP contribution in [0.5, 0.6) is 5.75 Å². The average Bonchev–Trinajstić information content (AvgIpc) is 2.87. The Morgan fingerprint density at radius 2 is 1.68 bits per heavy atom. The molecule has 208 valence electrons. The van der Waals surface area contributed by atoms with Gasteiger partial charge in [-0.2, -0.15) is 0 Å². The third-order valence-corrected chi connectivity index (χ3v) is 6.91. The second-order valence-corrected chi connectivity index (χ2v) is 11.2. The van der Waals surface area contributed by atoms with E-state index >= 15 is 0 Å². The first kappa shape index (κ1) is 29.1. The van der Waals surface area contributed by atoms with Gasteiger partial charge in [0.1, 0.15) is 11.4 Å². The van der Waals surface area contributed by atoms with Gasteiger partial charge in [0.05, 0.1) is 7.11 Å². The Morgan fingerprint density at radius 1 is 0.974 bits per heavy atom. The van der Waals surface area contributed by atoms with E-state index < -0.39 is 5.60 Å². The Hall–Kier alpha value is -3.42. The fraction of sp³-hybridized carbons (Fsp3) is 0.533. The van der Waals surface area contributed by atoms with Crippen LogP contribution >= 0.6 is 0 Å². The lowest BCUT2D eigenvalue weighted by Gasteiger charge is -2.30. The highest BCUT2D eigenvalue weighted by Gasteiger charge is 2.26. The number of rotatable bonds is 9. The maximum Gasteiger partial charge on any atom is 0.410 e. The first-order valence-corrected chi connectivity index (χ1v) is 13.4.